The zero-order valence-electron chi connectivity index (χ0n) is 12.3. The van der Waals surface area contributed by atoms with E-state index in [1.54, 1.807) is 0 Å². The summed E-state index contributed by atoms with van der Waals surface area (Å²) in [4.78, 5) is 5.05. The third kappa shape index (κ3) is 2.23. The molecular formula is C17H26N2S. The lowest BCUT2D eigenvalue weighted by Crippen LogP contribution is -2.48. The Balaban J connectivity index is 1.52. The lowest BCUT2D eigenvalue weighted by Gasteiger charge is -2.56. The number of unbranched alkanes of at least 4 members (excludes halogenated alkanes) is 1. The lowest BCUT2D eigenvalue weighted by molar-refractivity contribution is -0.00698. The smallest absolute Gasteiger partial charge is 0.0928 e. The van der Waals surface area contributed by atoms with Crippen LogP contribution in [-0.2, 0) is 11.8 Å². The van der Waals surface area contributed by atoms with Crippen molar-refractivity contribution < 1.29 is 0 Å². The van der Waals surface area contributed by atoms with E-state index in [4.69, 9.17) is 10.7 Å². The Morgan fingerprint density at radius 1 is 1.10 bits per heavy atom. The fourth-order valence-corrected chi connectivity index (χ4v) is 6.48. The zero-order valence-corrected chi connectivity index (χ0v) is 13.1. The maximum Gasteiger partial charge on any atom is 0.0928 e. The van der Waals surface area contributed by atoms with E-state index >= 15 is 0 Å². The van der Waals surface area contributed by atoms with Crippen LogP contribution in [0.2, 0.25) is 0 Å². The van der Waals surface area contributed by atoms with Crippen molar-refractivity contribution in [2.24, 2.45) is 23.5 Å². The Morgan fingerprint density at radius 2 is 1.75 bits per heavy atom. The fraction of sp³-hybridized carbons (Fsp3) is 0.824. The van der Waals surface area contributed by atoms with Crippen LogP contribution < -0.4 is 5.73 Å². The molecule has 4 aliphatic rings. The van der Waals surface area contributed by atoms with Gasteiger partial charge in [0.1, 0.15) is 0 Å². The van der Waals surface area contributed by atoms with Gasteiger partial charge in [-0.3, -0.25) is 0 Å². The second-order valence-electron chi connectivity index (χ2n) is 7.57. The Kier molecular flexibility index (Phi) is 3.38. The van der Waals surface area contributed by atoms with Crippen LogP contribution in [0.1, 0.15) is 62.1 Å². The molecular weight excluding hydrogens is 264 g/mol. The largest absolute Gasteiger partial charge is 0.330 e. The van der Waals surface area contributed by atoms with Crippen molar-refractivity contribution in [3.63, 3.8) is 0 Å². The summed E-state index contributed by atoms with van der Waals surface area (Å²) in [5.74, 6) is 3.05. The van der Waals surface area contributed by atoms with Gasteiger partial charge in [0.25, 0.3) is 0 Å². The Bertz CT molecular complexity index is 444. The van der Waals surface area contributed by atoms with Crippen molar-refractivity contribution in [3.05, 3.63) is 16.1 Å². The quantitative estimate of drug-likeness (QED) is 0.836. The van der Waals surface area contributed by atoms with E-state index in [1.165, 1.54) is 55.6 Å². The number of hydrogen-bond donors (Lipinski definition) is 1. The van der Waals surface area contributed by atoms with E-state index in [0.29, 0.717) is 5.41 Å². The van der Waals surface area contributed by atoms with Gasteiger partial charge in [-0.15, -0.1) is 11.3 Å². The number of thiazole rings is 1. The van der Waals surface area contributed by atoms with Crippen LogP contribution in [-0.4, -0.2) is 11.5 Å². The molecule has 2 N–H and O–H groups in total. The zero-order chi connectivity index (χ0) is 13.6. The first kappa shape index (κ1) is 13.3. The third-order valence-corrected chi connectivity index (χ3v) is 6.89. The normalized spacial score (nSPS) is 38.5. The first-order valence-electron chi connectivity index (χ1n) is 8.42. The van der Waals surface area contributed by atoms with E-state index in [0.717, 1.165) is 37.1 Å². The highest BCUT2D eigenvalue weighted by atomic mass is 32.1. The van der Waals surface area contributed by atoms with Gasteiger partial charge < -0.3 is 5.73 Å². The SMILES string of the molecule is NCCCCc1nc(C23CC4CC(CC(C4)C2)C3)cs1. The molecule has 0 aromatic carbocycles. The maximum absolute atomic E-state index is 5.58. The highest BCUT2D eigenvalue weighted by Crippen LogP contribution is 2.60. The standard InChI is InChI=1S/C17H26N2S/c18-4-2-1-3-16-19-15(11-20-16)17-8-12-5-13(9-17)7-14(6-12)10-17/h11-14H,1-10,18H2. The average Bonchev–Trinajstić information content (AvgIpc) is 2.87. The molecule has 3 heteroatoms. The molecule has 0 unspecified atom stereocenters. The predicted molar refractivity (Wildman–Crippen MR) is 84.0 cm³/mol. The van der Waals surface area contributed by atoms with Gasteiger partial charge in [-0.2, -0.15) is 0 Å². The van der Waals surface area contributed by atoms with Crippen LogP contribution in [0.15, 0.2) is 5.38 Å². The molecule has 4 saturated carbocycles. The van der Waals surface area contributed by atoms with E-state index in [2.05, 4.69) is 5.38 Å². The highest BCUT2D eigenvalue weighted by molar-refractivity contribution is 7.09. The molecule has 0 atom stereocenters. The molecule has 4 aliphatic carbocycles. The van der Waals surface area contributed by atoms with Gasteiger partial charge in [-0.05, 0) is 82.1 Å². The summed E-state index contributed by atoms with van der Waals surface area (Å²) in [5, 5.41) is 3.74. The van der Waals surface area contributed by atoms with Gasteiger partial charge in [-0.25, -0.2) is 4.98 Å². The average molecular weight is 290 g/mol. The minimum Gasteiger partial charge on any atom is -0.330 e. The second-order valence-corrected chi connectivity index (χ2v) is 8.51. The monoisotopic (exact) mass is 290 g/mol. The molecule has 0 saturated heterocycles. The third-order valence-electron chi connectivity index (χ3n) is 5.98. The van der Waals surface area contributed by atoms with E-state index in [1.807, 2.05) is 11.3 Å². The number of aromatic nitrogens is 1. The summed E-state index contributed by atoms with van der Waals surface area (Å²) >= 11 is 1.90. The van der Waals surface area contributed by atoms with Crippen molar-refractivity contribution in [2.75, 3.05) is 6.54 Å². The van der Waals surface area contributed by atoms with E-state index < -0.39 is 0 Å². The van der Waals surface area contributed by atoms with Crippen molar-refractivity contribution in [2.45, 2.75) is 63.2 Å². The van der Waals surface area contributed by atoms with Gasteiger partial charge in [0, 0.05) is 10.8 Å². The van der Waals surface area contributed by atoms with E-state index in [-0.39, 0.29) is 0 Å². The molecule has 0 aliphatic heterocycles. The van der Waals surface area contributed by atoms with Gasteiger partial charge in [0.2, 0.25) is 0 Å². The number of nitrogens with zero attached hydrogens (tertiary/aromatic N) is 1. The first-order chi connectivity index (χ1) is 9.77. The van der Waals surface area contributed by atoms with Crippen LogP contribution in [0.25, 0.3) is 0 Å². The lowest BCUT2D eigenvalue weighted by atomic mass is 9.49. The van der Waals surface area contributed by atoms with Crippen molar-refractivity contribution in [1.82, 2.24) is 4.98 Å². The molecule has 0 spiro atoms. The molecule has 0 radical (unpaired) electrons. The highest BCUT2D eigenvalue weighted by Gasteiger charge is 2.52. The van der Waals surface area contributed by atoms with Crippen LogP contribution in [0, 0.1) is 17.8 Å². The molecule has 2 nitrogen and oxygen atoms in total. The molecule has 4 bridgehead atoms. The number of rotatable bonds is 5. The molecule has 0 amide bonds. The second kappa shape index (κ2) is 5.10. The number of hydrogen-bond acceptors (Lipinski definition) is 3. The predicted octanol–water partition coefficient (Wildman–Crippen LogP) is 3.89. The van der Waals surface area contributed by atoms with Crippen LogP contribution in [0.3, 0.4) is 0 Å². The van der Waals surface area contributed by atoms with Crippen molar-refractivity contribution in [3.8, 4) is 0 Å². The maximum atomic E-state index is 5.58. The topological polar surface area (TPSA) is 38.9 Å². The number of aryl methyl sites for hydroxylation is 1. The number of nitrogens with two attached hydrogens (primary N) is 1. The van der Waals surface area contributed by atoms with Crippen molar-refractivity contribution >= 4 is 11.3 Å². The summed E-state index contributed by atoms with van der Waals surface area (Å²) in [6.45, 7) is 0.813. The molecule has 20 heavy (non-hydrogen) atoms. The summed E-state index contributed by atoms with van der Waals surface area (Å²) in [5.41, 5.74) is 7.53. The summed E-state index contributed by atoms with van der Waals surface area (Å²) in [6, 6.07) is 0. The summed E-state index contributed by atoms with van der Waals surface area (Å²) in [6.07, 6.45) is 12.3. The fourth-order valence-electron chi connectivity index (χ4n) is 5.51. The Hall–Kier alpha value is -0.410. The van der Waals surface area contributed by atoms with Gasteiger partial charge in [-0.1, -0.05) is 0 Å². The minimum atomic E-state index is 0.483. The molecule has 5 rings (SSSR count). The first-order valence-corrected chi connectivity index (χ1v) is 9.30. The Labute approximate surface area is 126 Å². The summed E-state index contributed by atoms with van der Waals surface area (Å²) in [7, 11) is 0. The van der Waals surface area contributed by atoms with Crippen LogP contribution in [0.4, 0.5) is 0 Å². The molecule has 110 valence electrons. The van der Waals surface area contributed by atoms with E-state index in [9.17, 15) is 0 Å². The summed E-state index contributed by atoms with van der Waals surface area (Å²) < 4.78 is 0. The van der Waals surface area contributed by atoms with Crippen LogP contribution in [0.5, 0.6) is 0 Å². The van der Waals surface area contributed by atoms with Gasteiger partial charge >= 0.3 is 0 Å². The van der Waals surface area contributed by atoms with Gasteiger partial charge in [0.05, 0.1) is 10.7 Å². The minimum absolute atomic E-state index is 0.483. The van der Waals surface area contributed by atoms with Gasteiger partial charge in [0.15, 0.2) is 0 Å². The molecule has 1 aromatic heterocycles. The van der Waals surface area contributed by atoms with Crippen LogP contribution >= 0.6 is 11.3 Å². The Morgan fingerprint density at radius 3 is 2.35 bits per heavy atom. The molecule has 4 fully saturated rings. The molecule has 1 heterocycles. The van der Waals surface area contributed by atoms with Crippen molar-refractivity contribution in [1.29, 1.82) is 0 Å². The molecule has 1 aromatic rings.